The molecular weight excluding hydrogens is 246 g/mol. The molecule has 0 radical (unpaired) electrons. The molecule has 20 heavy (non-hydrogen) atoms. The van der Waals surface area contributed by atoms with Crippen molar-refractivity contribution in [2.75, 3.05) is 11.4 Å². The van der Waals surface area contributed by atoms with Gasteiger partial charge in [-0.15, -0.1) is 0 Å². The van der Waals surface area contributed by atoms with Crippen molar-refractivity contribution in [3.63, 3.8) is 0 Å². The van der Waals surface area contributed by atoms with Crippen molar-refractivity contribution in [1.29, 1.82) is 0 Å². The van der Waals surface area contributed by atoms with Gasteiger partial charge >= 0.3 is 0 Å². The molecule has 1 heterocycles. The Kier molecular flexibility index (Phi) is 3.55. The van der Waals surface area contributed by atoms with E-state index in [0.29, 0.717) is 6.42 Å². The molecule has 0 bridgehead atoms. The SMILES string of the molecule is C[C@H](CC(=O)N1CCc2ccccc21)c1ccccc1. The maximum absolute atomic E-state index is 12.5. The number of rotatable bonds is 3. The Labute approximate surface area is 120 Å². The van der Waals surface area contributed by atoms with E-state index in [0.717, 1.165) is 18.7 Å². The number of para-hydroxylation sites is 1. The molecule has 0 saturated carbocycles. The highest BCUT2D eigenvalue weighted by Crippen LogP contribution is 2.29. The van der Waals surface area contributed by atoms with Crippen LogP contribution >= 0.6 is 0 Å². The van der Waals surface area contributed by atoms with Crippen molar-refractivity contribution in [2.45, 2.75) is 25.7 Å². The Morgan fingerprint density at radius 1 is 1.10 bits per heavy atom. The molecule has 3 rings (SSSR count). The molecule has 0 fully saturated rings. The van der Waals surface area contributed by atoms with Crippen molar-refractivity contribution < 1.29 is 4.79 Å². The van der Waals surface area contributed by atoms with E-state index in [-0.39, 0.29) is 11.8 Å². The van der Waals surface area contributed by atoms with Gasteiger partial charge in [0.2, 0.25) is 5.91 Å². The van der Waals surface area contributed by atoms with Gasteiger partial charge in [0.05, 0.1) is 0 Å². The smallest absolute Gasteiger partial charge is 0.227 e. The summed E-state index contributed by atoms with van der Waals surface area (Å²) in [4.78, 5) is 14.5. The Balaban J connectivity index is 1.72. The molecule has 0 unspecified atom stereocenters. The van der Waals surface area contributed by atoms with Crippen LogP contribution in [0.2, 0.25) is 0 Å². The summed E-state index contributed by atoms with van der Waals surface area (Å²) in [5.41, 5.74) is 3.61. The quantitative estimate of drug-likeness (QED) is 0.827. The van der Waals surface area contributed by atoms with Gasteiger partial charge < -0.3 is 4.90 Å². The van der Waals surface area contributed by atoms with Gasteiger partial charge in [-0.3, -0.25) is 4.79 Å². The van der Waals surface area contributed by atoms with Crippen LogP contribution < -0.4 is 4.90 Å². The second kappa shape index (κ2) is 5.49. The van der Waals surface area contributed by atoms with Crippen LogP contribution in [0.5, 0.6) is 0 Å². The minimum absolute atomic E-state index is 0.228. The molecular formula is C18H19NO. The minimum atomic E-state index is 0.228. The van der Waals surface area contributed by atoms with Crippen molar-refractivity contribution >= 4 is 11.6 Å². The van der Waals surface area contributed by atoms with Crippen molar-refractivity contribution in [3.05, 3.63) is 65.7 Å². The van der Waals surface area contributed by atoms with E-state index in [9.17, 15) is 4.79 Å². The summed E-state index contributed by atoms with van der Waals surface area (Å²) in [6, 6.07) is 18.5. The van der Waals surface area contributed by atoms with Crippen LogP contribution in [0.15, 0.2) is 54.6 Å². The number of amides is 1. The van der Waals surface area contributed by atoms with E-state index < -0.39 is 0 Å². The lowest BCUT2D eigenvalue weighted by molar-refractivity contribution is -0.118. The summed E-state index contributed by atoms with van der Waals surface area (Å²) >= 11 is 0. The molecule has 1 amide bonds. The fraction of sp³-hybridized carbons (Fsp3) is 0.278. The summed E-state index contributed by atoms with van der Waals surface area (Å²) in [6.45, 7) is 2.94. The molecule has 1 aliphatic heterocycles. The Bertz CT molecular complexity index is 606. The summed E-state index contributed by atoms with van der Waals surface area (Å²) in [5.74, 6) is 0.489. The Morgan fingerprint density at radius 2 is 1.80 bits per heavy atom. The van der Waals surface area contributed by atoms with Crippen LogP contribution in [0, 0.1) is 0 Å². The van der Waals surface area contributed by atoms with E-state index >= 15 is 0 Å². The average Bonchev–Trinajstić information content (AvgIpc) is 2.92. The first-order valence-corrected chi connectivity index (χ1v) is 7.19. The summed E-state index contributed by atoms with van der Waals surface area (Å²) in [7, 11) is 0. The molecule has 0 aromatic heterocycles. The molecule has 1 aliphatic rings. The maximum Gasteiger partial charge on any atom is 0.227 e. The van der Waals surface area contributed by atoms with Crippen molar-refractivity contribution in [2.24, 2.45) is 0 Å². The van der Waals surface area contributed by atoms with Crippen LogP contribution in [0.1, 0.15) is 30.4 Å². The monoisotopic (exact) mass is 265 g/mol. The highest BCUT2D eigenvalue weighted by molar-refractivity contribution is 5.95. The van der Waals surface area contributed by atoms with Gasteiger partial charge in [-0.05, 0) is 29.5 Å². The fourth-order valence-corrected chi connectivity index (χ4v) is 2.87. The molecule has 0 N–H and O–H groups in total. The summed E-state index contributed by atoms with van der Waals surface area (Å²) in [5, 5.41) is 0. The normalized spacial score (nSPS) is 14.9. The van der Waals surface area contributed by atoms with Gasteiger partial charge in [0, 0.05) is 18.7 Å². The van der Waals surface area contributed by atoms with Gasteiger partial charge in [-0.1, -0.05) is 55.5 Å². The molecule has 2 nitrogen and oxygen atoms in total. The average molecular weight is 265 g/mol. The lowest BCUT2D eigenvalue weighted by Gasteiger charge is -2.20. The third kappa shape index (κ3) is 2.46. The van der Waals surface area contributed by atoms with Crippen LogP contribution in [0.3, 0.4) is 0 Å². The topological polar surface area (TPSA) is 20.3 Å². The predicted molar refractivity (Wildman–Crippen MR) is 82.0 cm³/mol. The molecule has 0 saturated heterocycles. The van der Waals surface area contributed by atoms with Crippen LogP contribution in [-0.2, 0) is 11.2 Å². The molecule has 1 atom stereocenters. The largest absolute Gasteiger partial charge is 0.312 e. The van der Waals surface area contributed by atoms with Crippen molar-refractivity contribution in [3.8, 4) is 0 Å². The van der Waals surface area contributed by atoms with Crippen LogP contribution in [0.25, 0.3) is 0 Å². The second-order valence-corrected chi connectivity index (χ2v) is 5.44. The Hall–Kier alpha value is -2.09. The van der Waals surface area contributed by atoms with Gasteiger partial charge in [0.25, 0.3) is 0 Å². The number of benzene rings is 2. The van der Waals surface area contributed by atoms with Gasteiger partial charge in [-0.2, -0.15) is 0 Å². The molecule has 0 spiro atoms. The minimum Gasteiger partial charge on any atom is -0.312 e. The molecule has 2 heteroatoms. The van der Waals surface area contributed by atoms with E-state index in [1.54, 1.807) is 0 Å². The highest BCUT2D eigenvalue weighted by atomic mass is 16.2. The first-order chi connectivity index (χ1) is 9.75. The van der Waals surface area contributed by atoms with Crippen LogP contribution in [-0.4, -0.2) is 12.5 Å². The molecule has 102 valence electrons. The first-order valence-electron chi connectivity index (χ1n) is 7.19. The van der Waals surface area contributed by atoms with E-state index in [1.165, 1.54) is 11.1 Å². The van der Waals surface area contributed by atoms with Gasteiger partial charge in [-0.25, -0.2) is 0 Å². The number of carbonyl (C=O) groups is 1. The summed E-state index contributed by atoms with van der Waals surface area (Å²) < 4.78 is 0. The lowest BCUT2D eigenvalue weighted by atomic mass is 9.97. The third-order valence-electron chi connectivity index (χ3n) is 4.04. The first kappa shape index (κ1) is 12.9. The zero-order valence-corrected chi connectivity index (χ0v) is 11.8. The number of carbonyl (C=O) groups excluding carboxylic acids is 1. The third-order valence-corrected chi connectivity index (χ3v) is 4.04. The highest BCUT2D eigenvalue weighted by Gasteiger charge is 2.25. The number of nitrogens with zero attached hydrogens (tertiary/aromatic N) is 1. The molecule has 2 aromatic rings. The standard InChI is InChI=1S/C18H19NO/c1-14(15-7-3-2-4-8-15)13-18(20)19-12-11-16-9-5-6-10-17(16)19/h2-10,14H,11-13H2,1H3/t14-/m1/s1. The summed E-state index contributed by atoms with van der Waals surface area (Å²) in [6.07, 6.45) is 1.54. The molecule has 2 aromatic carbocycles. The zero-order chi connectivity index (χ0) is 13.9. The zero-order valence-electron chi connectivity index (χ0n) is 11.8. The predicted octanol–water partition coefficient (Wildman–Crippen LogP) is 3.77. The van der Waals surface area contributed by atoms with Gasteiger partial charge in [0.1, 0.15) is 0 Å². The second-order valence-electron chi connectivity index (χ2n) is 5.44. The number of hydrogen-bond acceptors (Lipinski definition) is 1. The van der Waals surface area contributed by atoms with Crippen molar-refractivity contribution in [1.82, 2.24) is 0 Å². The van der Waals surface area contributed by atoms with Gasteiger partial charge in [0.15, 0.2) is 0 Å². The number of anilines is 1. The van der Waals surface area contributed by atoms with E-state index in [2.05, 4.69) is 25.1 Å². The van der Waals surface area contributed by atoms with E-state index in [1.807, 2.05) is 41.3 Å². The van der Waals surface area contributed by atoms with Crippen LogP contribution in [0.4, 0.5) is 5.69 Å². The molecule has 0 aliphatic carbocycles. The number of fused-ring (bicyclic) bond motifs is 1. The number of hydrogen-bond donors (Lipinski definition) is 0. The fourth-order valence-electron chi connectivity index (χ4n) is 2.87. The lowest BCUT2D eigenvalue weighted by Crippen LogP contribution is -2.29. The van der Waals surface area contributed by atoms with E-state index in [4.69, 9.17) is 0 Å². The maximum atomic E-state index is 12.5. The Morgan fingerprint density at radius 3 is 2.60 bits per heavy atom.